The van der Waals surface area contributed by atoms with Gasteiger partial charge in [-0.1, -0.05) is 29.8 Å². The molecule has 1 atom stereocenters. The zero-order valence-corrected chi connectivity index (χ0v) is 9.43. The zero-order valence-electron chi connectivity index (χ0n) is 8.68. The molecule has 2 heteroatoms. The summed E-state index contributed by atoms with van der Waals surface area (Å²) in [6.07, 6.45) is 1.18. The largest absolute Gasteiger partial charge is 0.311 e. The lowest BCUT2D eigenvalue weighted by Crippen LogP contribution is -2.36. The summed E-state index contributed by atoms with van der Waals surface area (Å²) in [6.45, 7) is 5.57. The highest BCUT2D eigenvalue weighted by Gasteiger charge is 2.35. The molecule has 76 valence electrons. The molecule has 1 aliphatic heterocycles. The molecule has 14 heavy (non-hydrogen) atoms. The Morgan fingerprint density at radius 1 is 1.36 bits per heavy atom. The second kappa shape index (κ2) is 3.56. The van der Waals surface area contributed by atoms with E-state index in [9.17, 15) is 0 Å². The third-order valence-electron chi connectivity index (χ3n) is 3.17. The first kappa shape index (κ1) is 10.0. The van der Waals surface area contributed by atoms with Gasteiger partial charge in [0, 0.05) is 16.5 Å². The Morgan fingerprint density at radius 3 is 2.64 bits per heavy atom. The monoisotopic (exact) mass is 209 g/mol. The quantitative estimate of drug-likeness (QED) is 0.749. The Bertz CT molecular complexity index is 333. The third-order valence-corrected chi connectivity index (χ3v) is 3.51. The first-order valence-electron chi connectivity index (χ1n) is 5.11. The molecule has 2 rings (SSSR count). The summed E-state index contributed by atoms with van der Waals surface area (Å²) in [7, 11) is 0. The molecule has 1 unspecified atom stereocenters. The first-order chi connectivity index (χ1) is 6.61. The molecule has 1 aromatic rings. The molecular weight excluding hydrogens is 194 g/mol. The van der Waals surface area contributed by atoms with Crippen molar-refractivity contribution in [1.29, 1.82) is 0 Å². The van der Waals surface area contributed by atoms with E-state index in [0.29, 0.717) is 5.92 Å². The molecule has 1 heterocycles. The number of halogens is 1. The van der Waals surface area contributed by atoms with E-state index in [1.807, 2.05) is 12.1 Å². The second-order valence-electron chi connectivity index (χ2n) is 4.51. The smallest absolute Gasteiger partial charge is 0.0441 e. The number of hydrogen-bond donors (Lipinski definition) is 1. The molecule has 1 nitrogen and oxygen atoms in total. The maximum Gasteiger partial charge on any atom is 0.0441 e. The van der Waals surface area contributed by atoms with Crippen molar-refractivity contribution in [1.82, 2.24) is 5.32 Å². The fourth-order valence-electron chi connectivity index (χ4n) is 2.32. The average molecular weight is 210 g/mol. The molecule has 1 aromatic carbocycles. The first-order valence-corrected chi connectivity index (χ1v) is 5.48. The molecule has 1 N–H and O–H groups in total. The van der Waals surface area contributed by atoms with Gasteiger partial charge in [-0.3, -0.25) is 0 Å². The highest BCUT2D eigenvalue weighted by atomic mass is 35.5. The lowest BCUT2D eigenvalue weighted by atomic mass is 9.83. The number of hydrogen-bond acceptors (Lipinski definition) is 1. The lowest BCUT2D eigenvalue weighted by molar-refractivity contribution is 0.411. The predicted molar refractivity (Wildman–Crippen MR) is 60.9 cm³/mol. The van der Waals surface area contributed by atoms with Crippen molar-refractivity contribution in [3.8, 4) is 0 Å². The van der Waals surface area contributed by atoms with Crippen LogP contribution in [0.4, 0.5) is 0 Å². The molecule has 0 aliphatic carbocycles. The van der Waals surface area contributed by atoms with Crippen LogP contribution in [0.3, 0.4) is 0 Å². The molecule has 0 saturated carbocycles. The Morgan fingerprint density at radius 2 is 2.07 bits per heavy atom. The van der Waals surface area contributed by atoms with Crippen LogP contribution in [-0.4, -0.2) is 12.1 Å². The van der Waals surface area contributed by atoms with Crippen molar-refractivity contribution in [2.75, 3.05) is 6.54 Å². The minimum atomic E-state index is 0.172. The SMILES string of the molecule is CC1(C)NCCC1c1ccccc1Cl. The molecule has 1 aliphatic rings. The molecule has 0 radical (unpaired) electrons. The van der Waals surface area contributed by atoms with Crippen LogP contribution in [0.2, 0.25) is 5.02 Å². The standard InChI is InChI=1S/C12H16ClN/c1-12(2)10(7-8-14-12)9-5-3-4-6-11(9)13/h3-6,10,14H,7-8H2,1-2H3. The van der Waals surface area contributed by atoms with Crippen LogP contribution in [0, 0.1) is 0 Å². The van der Waals surface area contributed by atoms with Crippen molar-refractivity contribution < 1.29 is 0 Å². The van der Waals surface area contributed by atoms with Gasteiger partial charge in [0.2, 0.25) is 0 Å². The molecule has 0 spiro atoms. The molecule has 0 bridgehead atoms. The van der Waals surface area contributed by atoms with Crippen LogP contribution in [0.15, 0.2) is 24.3 Å². The molecule has 1 saturated heterocycles. The maximum atomic E-state index is 6.20. The minimum Gasteiger partial charge on any atom is -0.311 e. The van der Waals surface area contributed by atoms with Gasteiger partial charge < -0.3 is 5.32 Å². The number of benzene rings is 1. The van der Waals surface area contributed by atoms with Gasteiger partial charge in [0.1, 0.15) is 0 Å². The highest BCUT2D eigenvalue weighted by Crippen LogP contribution is 2.38. The van der Waals surface area contributed by atoms with E-state index >= 15 is 0 Å². The van der Waals surface area contributed by atoms with Crippen LogP contribution in [0.5, 0.6) is 0 Å². The summed E-state index contributed by atoms with van der Waals surface area (Å²) >= 11 is 6.20. The van der Waals surface area contributed by atoms with Crippen LogP contribution < -0.4 is 5.32 Å². The van der Waals surface area contributed by atoms with Crippen molar-refractivity contribution in [3.63, 3.8) is 0 Å². The van der Waals surface area contributed by atoms with Crippen LogP contribution in [0.25, 0.3) is 0 Å². The molecular formula is C12H16ClN. The van der Waals surface area contributed by atoms with E-state index in [1.165, 1.54) is 12.0 Å². The summed E-state index contributed by atoms with van der Waals surface area (Å²) in [6, 6.07) is 8.17. The van der Waals surface area contributed by atoms with Gasteiger partial charge in [0.15, 0.2) is 0 Å². The topological polar surface area (TPSA) is 12.0 Å². The predicted octanol–water partition coefficient (Wildman–Crippen LogP) is 3.20. The third kappa shape index (κ3) is 1.67. The Balaban J connectivity index is 2.36. The summed E-state index contributed by atoms with van der Waals surface area (Å²) in [5.41, 5.74) is 1.45. The van der Waals surface area contributed by atoms with Gasteiger partial charge in [0.25, 0.3) is 0 Å². The van der Waals surface area contributed by atoms with Crippen LogP contribution in [-0.2, 0) is 0 Å². The van der Waals surface area contributed by atoms with Gasteiger partial charge >= 0.3 is 0 Å². The van der Waals surface area contributed by atoms with E-state index in [1.54, 1.807) is 0 Å². The molecule has 0 amide bonds. The van der Waals surface area contributed by atoms with Crippen molar-refractivity contribution in [2.45, 2.75) is 31.7 Å². The highest BCUT2D eigenvalue weighted by molar-refractivity contribution is 6.31. The van der Waals surface area contributed by atoms with E-state index < -0.39 is 0 Å². The van der Waals surface area contributed by atoms with Gasteiger partial charge in [-0.15, -0.1) is 0 Å². The van der Waals surface area contributed by atoms with Gasteiger partial charge in [-0.2, -0.15) is 0 Å². The molecule has 1 fully saturated rings. The fraction of sp³-hybridized carbons (Fsp3) is 0.500. The fourth-order valence-corrected chi connectivity index (χ4v) is 2.59. The normalized spacial score (nSPS) is 25.2. The van der Waals surface area contributed by atoms with Gasteiger partial charge in [-0.05, 0) is 38.4 Å². The summed E-state index contributed by atoms with van der Waals surface area (Å²) in [5.74, 6) is 0.538. The summed E-state index contributed by atoms with van der Waals surface area (Å²) < 4.78 is 0. The number of rotatable bonds is 1. The van der Waals surface area contributed by atoms with E-state index in [2.05, 4.69) is 31.3 Å². The Labute approximate surface area is 90.5 Å². The molecule has 0 aromatic heterocycles. The maximum absolute atomic E-state index is 6.20. The van der Waals surface area contributed by atoms with E-state index in [-0.39, 0.29) is 5.54 Å². The Hall–Kier alpha value is -0.530. The van der Waals surface area contributed by atoms with Gasteiger partial charge in [-0.25, -0.2) is 0 Å². The minimum absolute atomic E-state index is 0.172. The van der Waals surface area contributed by atoms with Crippen molar-refractivity contribution in [3.05, 3.63) is 34.9 Å². The number of nitrogens with one attached hydrogen (secondary N) is 1. The lowest BCUT2D eigenvalue weighted by Gasteiger charge is -2.28. The summed E-state index contributed by atoms with van der Waals surface area (Å²) in [4.78, 5) is 0. The van der Waals surface area contributed by atoms with E-state index in [4.69, 9.17) is 11.6 Å². The summed E-state index contributed by atoms with van der Waals surface area (Å²) in [5, 5.41) is 4.41. The van der Waals surface area contributed by atoms with E-state index in [0.717, 1.165) is 11.6 Å². The van der Waals surface area contributed by atoms with Crippen molar-refractivity contribution >= 4 is 11.6 Å². The second-order valence-corrected chi connectivity index (χ2v) is 4.92. The average Bonchev–Trinajstić information content (AvgIpc) is 2.46. The van der Waals surface area contributed by atoms with Crippen LogP contribution in [0.1, 0.15) is 31.7 Å². The van der Waals surface area contributed by atoms with Gasteiger partial charge in [0.05, 0.1) is 0 Å². The Kier molecular flexibility index (Phi) is 2.54. The van der Waals surface area contributed by atoms with Crippen molar-refractivity contribution in [2.24, 2.45) is 0 Å². The van der Waals surface area contributed by atoms with Crippen LogP contribution >= 0.6 is 11.6 Å². The zero-order chi connectivity index (χ0) is 10.2.